The summed E-state index contributed by atoms with van der Waals surface area (Å²) in [6, 6.07) is 14.5. The summed E-state index contributed by atoms with van der Waals surface area (Å²) < 4.78 is 8.07. The van der Waals surface area contributed by atoms with Crippen molar-refractivity contribution in [1.82, 2.24) is 19.2 Å². The van der Waals surface area contributed by atoms with E-state index in [0.717, 1.165) is 4.68 Å². The summed E-state index contributed by atoms with van der Waals surface area (Å²) in [4.78, 5) is 29.3. The lowest BCUT2D eigenvalue weighted by Gasteiger charge is -2.08. The molecule has 4 rings (SSSR count). The van der Waals surface area contributed by atoms with Gasteiger partial charge < -0.3 is 10.1 Å². The molecule has 2 aromatic heterocycles. The summed E-state index contributed by atoms with van der Waals surface area (Å²) >= 11 is 6.13. The fraction of sp³-hybridized carbons (Fsp3) is 0.182. The molecule has 0 radical (unpaired) electrons. The standard InChI is InChI=1S/C22H20ClN5O3/c1-14(2)15-7-9-16(10-8-15)25-19(29)13-28-22(30)27-12-11-24-21(20(27)26-28)31-18-6-4-3-5-17(18)23/h3-12,14H,13H2,1-2H3,(H,25,29). The van der Waals surface area contributed by atoms with E-state index in [9.17, 15) is 9.59 Å². The van der Waals surface area contributed by atoms with Crippen LogP contribution in [0.3, 0.4) is 0 Å². The molecule has 0 unspecified atom stereocenters. The zero-order valence-corrected chi connectivity index (χ0v) is 17.7. The lowest BCUT2D eigenvalue weighted by Crippen LogP contribution is -2.28. The Morgan fingerprint density at radius 3 is 2.61 bits per heavy atom. The predicted molar refractivity (Wildman–Crippen MR) is 118 cm³/mol. The van der Waals surface area contributed by atoms with Crippen molar-refractivity contribution in [2.75, 3.05) is 5.32 Å². The third-order valence-electron chi connectivity index (χ3n) is 4.67. The number of carbonyl (C=O) groups is 1. The highest BCUT2D eigenvalue weighted by molar-refractivity contribution is 6.32. The lowest BCUT2D eigenvalue weighted by molar-refractivity contribution is -0.117. The van der Waals surface area contributed by atoms with Crippen molar-refractivity contribution >= 4 is 28.8 Å². The molecule has 0 aliphatic carbocycles. The van der Waals surface area contributed by atoms with Crippen molar-refractivity contribution in [3.8, 4) is 11.6 Å². The van der Waals surface area contributed by atoms with E-state index < -0.39 is 5.69 Å². The molecule has 9 heteroatoms. The molecule has 1 amide bonds. The number of carbonyl (C=O) groups excluding carboxylic acids is 1. The summed E-state index contributed by atoms with van der Waals surface area (Å²) in [6.45, 7) is 3.95. The number of rotatable bonds is 6. The van der Waals surface area contributed by atoms with Crippen molar-refractivity contribution in [3.63, 3.8) is 0 Å². The summed E-state index contributed by atoms with van der Waals surface area (Å²) in [6.07, 6.45) is 2.88. The van der Waals surface area contributed by atoms with E-state index >= 15 is 0 Å². The number of para-hydroxylation sites is 1. The summed E-state index contributed by atoms with van der Waals surface area (Å²) in [5, 5.41) is 7.41. The topological polar surface area (TPSA) is 90.5 Å². The molecule has 0 atom stereocenters. The number of aromatic nitrogens is 4. The second-order valence-electron chi connectivity index (χ2n) is 7.22. The Morgan fingerprint density at radius 1 is 1.16 bits per heavy atom. The molecule has 8 nitrogen and oxygen atoms in total. The van der Waals surface area contributed by atoms with Crippen LogP contribution in [-0.4, -0.2) is 25.1 Å². The minimum Gasteiger partial charge on any atom is -0.434 e. The number of hydrogen-bond donors (Lipinski definition) is 1. The number of hydrogen-bond acceptors (Lipinski definition) is 5. The molecule has 0 saturated carbocycles. The maximum atomic E-state index is 12.7. The molecular weight excluding hydrogens is 418 g/mol. The van der Waals surface area contributed by atoms with Crippen LogP contribution in [0.5, 0.6) is 11.6 Å². The van der Waals surface area contributed by atoms with E-state index in [2.05, 4.69) is 29.2 Å². The van der Waals surface area contributed by atoms with Gasteiger partial charge in [0.05, 0.1) is 5.02 Å². The first-order valence-corrected chi connectivity index (χ1v) is 10.1. The van der Waals surface area contributed by atoms with Gasteiger partial charge in [0, 0.05) is 18.1 Å². The number of nitrogens with zero attached hydrogens (tertiary/aromatic N) is 4. The molecule has 4 aromatic rings. The molecule has 0 saturated heterocycles. The molecule has 0 spiro atoms. The van der Waals surface area contributed by atoms with Gasteiger partial charge >= 0.3 is 5.69 Å². The van der Waals surface area contributed by atoms with E-state index in [0.29, 0.717) is 22.4 Å². The Bertz CT molecular complexity index is 1290. The van der Waals surface area contributed by atoms with Crippen LogP contribution in [0.25, 0.3) is 5.65 Å². The SMILES string of the molecule is CC(C)c1ccc(NC(=O)Cn2nc3c(Oc4ccccc4Cl)nccn3c2=O)cc1. The first kappa shape index (κ1) is 20.6. The highest BCUT2D eigenvalue weighted by atomic mass is 35.5. The summed E-state index contributed by atoms with van der Waals surface area (Å²) in [5.41, 5.74) is 1.52. The molecular formula is C22H20ClN5O3. The number of ether oxygens (including phenoxy) is 1. The van der Waals surface area contributed by atoms with Crippen LogP contribution in [0.4, 0.5) is 5.69 Å². The van der Waals surface area contributed by atoms with Crippen molar-refractivity contribution in [1.29, 1.82) is 0 Å². The Hall–Kier alpha value is -3.65. The Labute approximate surface area is 183 Å². The molecule has 158 valence electrons. The van der Waals surface area contributed by atoms with E-state index in [-0.39, 0.29) is 24.0 Å². The summed E-state index contributed by atoms with van der Waals surface area (Å²) in [7, 11) is 0. The van der Waals surface area contributed by atoms with Gasteiger partial charge in [-0.3, -0.25) is 4.79 Å². The average molecular weight is 438 g/mol. The van der Waals surface area contributed by atoms with Crippen molar-refractivity contribution in [2.45, 2.75) is 26.3 Å². The zero-order chi connectivity index (χ0) is 22.0. The van der Waals surface area contributed by atoms with Gasteiger partial charge in [0.2, 0.25) is 11.6 Å². The van der Waals surface area contributed by atoms with Crippen LogP contribution >= 0.6 is 11.6 Å². The maximum absolute atomic E-state index is 12.7. The van der Waals surface area contributed by atoms with Gasteiger partial charge in [-0.15, -0.1) is 5.10 Å². The van der Waals surface area contributed by atoms with Crippen molar-refractivity contribution < 1.29 is 9.53 Å². The molecule has 0 bridgehead atoms. The van der Waals surface area contributed by atoms with Gasteiger partial charge in [-0.2, -0.15) is 0 Å². The largest absolute Gasteiger partial charge is 0.434 e. The highest BCUT2D eigenvalue weighted by Gasteiger charge is 2.16. The Balaban J connectivity index is 1.55. The van der Waals surface area contributed by atoms with Crippen LogP contribution < -0.4 is 15.7 Å². The number of anilines is 1. The van der Waals surface area contributed by atoms with Gasteiger partial charge in [-0.05, 0) is 35.7 Å². The predicted octanol–water partition coefficient (Wildman–Crippen LogP) is 4.10. The highest BCUT2D eigenvalue weighted by Crippen LogP contribution is 2.29. The van der Waals surface area contributed by atoms with Gasteiger partial charge in [-0.1, -0.05) is 49.7 Å². The fourth-order valence-corrected chi connectivity index (χ4v) is 3.19. The number of benzene rings is 2. The van der Waals surface area contributed by atoms with E-state index in [1.54, 1.807) is 24.3 Å². The number of fused-ring (bicyclic) bond motifs is 1. The molecule has 2 heterocycles. The average Bonchev–Trinajstić information content (AvgIpc) is 3.06. The fourth-order valence-electron chi connectivity index (χ4n) is 3.02. The second-order valence-corrected chi connectivity index (χ2v) is 7.63. The minimum atomic E-state index is -0.480. The van der Waals surface area contributed by atoms with Gasteiger partial charge in [0.1, 0.15) is 12.3 Å². The van der Waals surface area contributed by atoms with Gasteiger partial charge in [0.15, 0.2) is 0 Å². The van der Waals surface area contributed by atoms with Gasteiger partial charge in [0.25, 0.3) is 5.88 Å². The van der Waals surface area contributed by atoms with E-state index in [1.807, 2.05) is 24.3 Å². The Morgan fingerprint density at radius 2 is 1.90 bits per heavy atom. The first-order chi connectivity index (χ1) is 14.9. The molecule has 2 aromatic carbocycles. The second kappa shape index (κ2) is 8.61. The van der Waals surface area contributed by atoms with Gasteiger partial charge in [-0.25, -0.2) is 18.9 Å². The van der Waals surface area contributed by atoms with Crippen LogP contribution in [-0.2, 0) is 11.3 Å². The van der Waals surface area contributed by atoms with Crippen LogP contribution in [0.1, 0.15) is 25.3 Å². The monoisotopic (exact) mass is 437 g/mol. The molecule has 31 heavy (non-hydrogen) atoms. The third kappa shape index (κ3) is 4.44. The quantitative estimate of drug-likeness (QED) is 0.490. The molecule has 0 fully saturated rings. The van der Waals surface area contributed by atoms with Crippen molar-refractivity contribution in [2.24, 2.45) is 0 Å². The maximum Gasteiger partial charge on any atom is 0.351 e. The smallest absolute Gasteiger partial charge is 0.351 e. The van der Waals surface area contributed by atoms with E-state index in [1.165, 1.54) is 22.4 Å². The van der Waals surface area contributed by atoms with Crippen molar-refractivity contribution in [3.05, 3.63) is 82.0 Å². The molecule has 1 N–H and O–H groups in total. The van der Waals surface area contributed by atoms with Crippen LogP contribution in [0, 0.1) is 0 Å². The third-order valence-corrected chi connectivity index (χ3v) is 4.98. The normalized spacial score (nSPS) is 11.1. The van der Waals surface area contributed by atoms with E-state index in [4.69, 9.17) is 16.3 Å². The van der Waals surface area contributed by atoms with Crippen LogP contribution in [0.15, 0.2) is 65.7 Å². The Kier molecular flexibility index (Phi) is 5.73. The van der Waals surface area contributed by atoms with Crippen LogP contribution in [0.2, 0.25) is 5.02 Å². The number of halogens is 1. The first-order valence-electron chi connectivity index (χ1n) is 9.69. The molecule has 0 aliphatic rings. The number of amides is 1. The zero-order valence-electron chi connectivity index (χ0n) is 16.9. The number of nitrogens with one attached hydrogen (secondary N) is 1. The molecule has 0 aliphatic heterocycles. The minimum absolute atomic E-state index is 0.108. The lowest BCUT2D eigenvalue weighted by atomic mass is 10.0. The summed E-state index contributed by atoms with van der Waals surface area (Å²) in [5.74, 6) is 0.520.